The Balaban J connectivity index is 1.67. The zero-order valence-electron chi connectivity index (χ0n) is 13.3. The molecule has 0 aliphatic heterocycles. The number of benzene rings is 1. The largest absolute Gasteiger partial charge is 0.352 e. The van der Waals surface area contributed by atoms with Crippen LogP contribution in [0.15, 0.2) is 48.8 Å². The van der Waals surface area contributed by atoms with Crippen LogP contribution in [0.3, 0.4) is 0 Å². The maximum atomic E-state index is 13.0. The number of nitrogens with one attached hydrogen (secondary N) is 3. The van der Waals surface area contributed by atoms with Crippen LogP contribution in [0.5, 0.6) is 0 Å². The molecule has 0 radical (unpaired) electrons. The standard InChI is InChI=1S/C17H17FN4O3/c18-13-2-1-3-14(10-13)22-17(25)16(24)20-9-6-15(23)21-11-12-4-7-19-8-5-12/h1-5,7-8,10H,6,9,11H2,(H,20,24)(H,21,23)(H,22,25). The van der Waals surface area contributed by atoms with E-state index in [2.05, 4.69) is 20.9 Å². The van der Waals surface area contributed by atoms with E-state index in [0.717, 1.165) is 11.6 Å². The van der Waals surface area contributed by atoms with Gasteiger partial charge in [-0.15, -0.1) is 0 Å². The van der Waals surface area contributed by atoms with E-state index in [9.17, 15) is 18.8 Å². The number of halogens is 1. The molecule has 3 amide bonds. The summed E-state index contributed by atoms with van der Waals surface area (Å²) >= 11 is 0. The smallest absolute Gasteiger partial charge is 0.313 e. The molecule has 2 rings (SSSR count). The van der Waals surface area contributed by atoms with Gasteiger partial charge in [0.05, 0.1) is 0 Å². The summed E-state index contributed by atoms with van der Waals surface area (Å²) in [6.45, 7) is 0.368. The highest BCUT2D eigenvalue weighted by atomic mass is 19.1. The molecule has 1 aromatic carbocycles. The number of hydrogen-bond donors (Lipinski definition) is 3. The Morgan fingerprint density at radius 3 is 2.48 bits per heavy atom. The lowest BCUT2D eigenvalue weighted by atomic mass is 10.2. The molecular formula is C17H17FN4O3. The molecular weight excluding hydrogens is 327 g/mol. The van der Waals surface area contributed by atoms with E-state index in [1.165, 1.54) is 18.2 Å². The van der Waals surface area contributed by atoms with Gasteiger partial charge in [-0.1, -0.05) is 6.07 Å². The van der Waals surface area contributed by atoms with Gasteiger partial charge in [-0.3, -0.25) is 19.4 Å². The Labute approximate surface area is 143 Å². The van der Waals surface area contributed by atoms with E-state index in [1.54, 1.807) is 24.5 Å². The van der Waals surface area contributed by atoms with Crippen LogP contribution in [0.4, 0.5) is 10.1 Å². The molecule has 0 unspecified atom stereocenters. The molecule has 0 aliphatic carbocycles. The monoisotopic (exact) mass is 344 g/mol. The minimum atomic E-state index is -0.928. The van der Waals surface area contributed by atoms with E-state index in [4.69, 9.17) is 0 Å². The maximum absolute atomic E-state index is 13.0. The summed E-state index contributed by atoms with van der Waals surface area (Å²) in [6, 6.07) is 8.74. The lowest BCUT2D eigenvalue weighted by Gasteiger charge is -2.07. The van der Waals surface area contributed by atoms with Gasteiger partial charge in [0.25, 0.3) is 0 Å². The fraction of sp³-hybridized carbons (Fsp3) is 0.176. The van der Waals surface area contributed by atoms with Crippen LogP contribution < -0.4 is 16.0 Å². The van der Waals surface area contributed by atoms with Crippen molar-refractivity contribution in [1.29, 1.82) is 0 Å². The lowest BCUT2D eigenvalue weighted by Crippen LogP contribution is -2.37. The van der Waals surface area contributed by atoms with Crippen LogP contribution in [0.25, 0.3) is 0 Å². The molecule has 0 aliphatic rings. The zero-order valence-corrected chi connectivity index (χ0v) is 13.3. The summed E-state index contributed by atoms with van der Waals surface area (Å²) < 4.78 is 13.0. The average Bonchev–Trinajstić information content (AvgIpc) is 2.60. The first-order valence-electron chi connectivity index (χ1n) is 7.55. The first-order chi connectivity index (χ1) is 12.0. The van der Waals surface area contributed by atoms with Gasteiger partial charge in [0.15, 0.2) is 0 Å². The molecule has 2 aromatic rings. The highest BCUT2D eigenvalue weighted by Crippen LogP contribution is 2.08. The Hall–Kier alpha value is -3.29. The predicted octanol–water partition coefficient (Wildman–Crippen LogP) is 0.982. The van der Waals surface area contributed by atoms with E-state index in [0.29, 0.717) is 6.54 Å². The van der Waals surface area contributed by atoms with E-state index < -0.39 is 17.6 Å². The first kappa shape index (κ1) is 18.1. The number of anilines is 1. The second kappa shape index (κ2) is 9.11. The Bertz CT molecular complexity index is 753. The van der Waals surface area contributed by atoms with Crippen LogP contribution in [0.2, 0.25) is 0 Å². The number of carbonyl (C=O) groups excluding carboxylic acids is 3. The minimum Gasteiger partial charge on any atom is -0.352 e. The molecule has 8 heteroatoms. The van der Waals surface area contributed by atoms with Crippen LogP contribution in [0, 0.1) is 5.82 Å². The molecule has 0 saturated carbocycles. The lowest BCUT2D eigenvalue weighted by molar-refractivity contribution is -0.136. The maximum Gasteiger partial charge on any atom is 0.313 e. The SMILES string of the molecule is O=C(CCNC(=O)C(=O)Nc1cccc(F)c1)NCc1ccncc1. The number of amides is 3. The summed E-state index contributed by atoms with van der Waals surface area (Å²) in [4.78, 5) is 38.8. The fourth-order valence-corrected chi connectivity index (χ4v) is 1.91. The number of aromatic nitrogens is 1. The second-order valence-electron chi connectivity index (χ2n) is 5.10. The average molecular weight is 344 g/mol. The van der Waals surface area contributed by atoms with Crippen LogP contribution >= 0.6 is 0 Å². The first-order valence-corrected chi connectivity index (χ1v) is 7.55. The molecule has 25 heavy (non-hydrogen) atoms. The van der Waals surface area contributed by atoms with Crippen molar-refractivity contribution in [3.8, 4) is 0 Å². The molecule has 0 bridgehead atoms. The topological polar surface area (TPSA) is 100 Å². The molecule has 7 nitrogen and oxygen atoms in total. The van der Waals surface area contributed by atoms with Crippen molar-refractivity contribution in [3.63, 3.8) is 0 Å². The normalized spacial score (nSPS) is 9.96. The fourth-order valence-electron chi connectivity index (χ4n) is 1.91. The van der Waals surface area contributed by atoms with Crippen LogP contribution in [-0.4, -0.2) is 29.3 Å². The third-order valence-corrected chi connectivity index (χ3v) is 3.17. The summed E-state index contributed by atoms with van der Waals surface area (Å²) in [5, 5.41) is 7.29. The molecule has 1 heterocycles. The van der Waals surface area contributed by atoms with Gasteiger partial charge in [-0.05, 0) is 35.9 Å². The third kappa shape index (κ3) is 6.38. The van der Waals surface area contributed by atoms with Gasteiger partial charge in [-0.25, -0.2) is 4.39 Å². The van der Waals surface area contributed by atoms with Crippen LogP contribution in [-0.2, 0) is 20.9 Å². The van der Waals surface area contributed by atoms with Crippen molar-refractivity contribution in [2.45, 2.75) is 13.0 Å². The Morgan fingerprint density at radius 2 is 1.76 bits per heavy atom. The van der Waals surface area contributed by atoms with Crippen LogP contribution in [0.1, 0.15) is 12.0 Å². The van der Waals surface area contributed by atoms with E-state index in [1.807, 2.05) is 0 Å². The van der Waals surface area contributed by atoms with Crippen molar-refractivity contribution in [1.82, 2.24) is 15.6 Å². The highest BCUT2D eigenvalue weighted by molar-refractivity contribution is 6.39. The van der Waals surface area contributed by atoms with Gasteiger partial charge in [-0.2, -0.15) is 0 Å². The molecule has 0 fully saturated rings. The summed E-state index contributed by atoms with van der Waals surface area (Å²) in [5.41, 5.74) is 1.08. The van der Waals surface area contributed by atoms with Gasteiger partial charge in [0, 0.05) is 37.6 Å². The van der Waals surface area contributed by atoms with Crippen molar-refractivity contribution in [2.75, 3.05) is 11.9 Å². The van der Waals surface area contributed by atoms with E-state index in [-0.39, 0.29) is 24.6 Å². The molecule has 0 atom stereocenters. The number of hydrogen-bond acceptors (Lipinski definition) is 4. The molecule has 130 valence electrons. The Kier molecular flexibility index (Phi) is 6.58. The van der Waals surface area contributed by atoms with Crippen molar-refractivity contribution in [3.05, 3.63) is 60.2 Å². The van der Waals surface area contributed by atoms with E-state index >= 15 is 0 Å². The van der Waals surface area contributed by atoms with Crippen molar-refractivity contribution in [2.24, 2.45) is 0 Å². The highest BCUT2D eigenvalue weighted by Gasteiger charge is 2.14. The Morgan fingerprint density at radius 1 is 1.00 bits per heavy atom. The van der Waals surface area contributed by atoms with Gasteiger partial charge in [0.2, 0.25) is 5.91 Å². The zero-order chi connectivity index (χ0) is 18.1. The molecule has 0 saturated heterocycles. The third-order valence-electron chi connectivity index (χ3n) is 3.17. The summed E-state index contributed by atoms with van der Waals surface area (Å²) in [6.07, 6.45) is 3.28. The molecule has 3 N–H and O–H groups in total. The van der Waals surface area contributed by atoms with Gasteiger partial charge in [0.1, 0.15) is 5.82 Å². The minimum absolute atomic E-state index is 0.0115. The quantitative estimate of drug-likeness (QED) is 0.680. The van der Waals surface area contributed by atoms with Crippen molar-refractivity contribution < 1.29 is 18.8 Å². The molecule has 1 aromatic heterocycles. The second-order valence-corrected chi connectivity index (χ2v) is 5.10. The number of rotatable bonds is 6. The number of nitrogens with zero attached hydrogens (tertiary/aromatic N) is 1. The van der Waals surface area contributed by atoms with Gasteiger partial charge < -0.3 is 16.0 Å². The van der Waals surface area contributed by atoms with Gasteiger partial charge >= 0.3 is 11.8 Å². The molecule has 0 spiro atoms. The summed E-state index contributed by atoms with van der Waals surface area (Å²) in [5.74, 6) is -2.61. The van der Waals surface area contributed by atoms with Crippen molar-refractivity contribution >= 4 is 23.4 Å². The predicted molar refractivity (Wildman–Crippen MR) is 88.7 cm³/mol. The summed E-state index contributed by atoms with van der Waals surface area (Å²) in [7, 11) is 0. The number of pyridine rings is 1. The number of carbonyl (C=O) groups is 3.